The second-order valence-electron chi connectivity index (χ2n) is 8.77. The van der Waals surface area contributed by atoms with Crippen molar-refractivity contribution in [2.45, 2.75) is 18.9 Å². The molecule has 5 aromatic rings. The second-order valence-corrected chi connectivity index (χ2v) is 9.18. The molecule has 0 fully saturated rings. The molecule has 204 valence electrons. The van der Waals surface area contributed by atoms with Crippen LogP contribution < -0.4 is 0 Å². The molecule has 2 aromatic heterocycles. The van der Waals surface area contributed by atoms with Gasteiger partial charge in [-0.25, -0.2) is 4.68 Å². The van der Waals surface area contributed by atoms with Gasteiger partial charge in [0.25, 0.3) is 5.91 Å². The Labute approximate surface area is 228 Å². The molecule has 0 saturated heterocycles. The van der Waals surface area contributed by atoms with Crippen LogP contribution in [0.1, 0.15) is 27.2 Å². The van der Waals surface area contributed by atoms with E-state index in [1.807, 2.05) is 0 Å². The quantitative estimate of drug-likeness (QED) is 0.201. The van der Waals surface area contributed by atoms with Gasteiger partial charge in [0.05, 0.1) is 23.4 Å². The minimum Gasteiger partial charge on any atom is -0.282 e. The molecule has 0 saturated carbocycles. The number of alkyl halides is 6. The van der Waals surface area contributed by atoms with Crippen LogP contribution in [0.5, 0.6) is 0 Å². The molecule has 5 rings (SSSR count). The Morgan fingerprint density at radius 2 is 1.43 bits per heavy atom. The summed E-state index contributed by atoms with van der Waals surface area (Å²) in [5.41, 5.74) is -1.80. The zero-order valence-corrected chi connectivity index (χ0v) is 21.0. The van der Waals surface area contributed by atoms with Crippen LogP contribution in [0.25, 0.3) is 22.5 Å². The number of benzene rings is 3. The Bertz CT molecular complexity index is 1660. The van der Waals surface area contributed by atoms with Gasteiger partial charge < -0.3 is 0 Å². The monoisotopic (exact) mass is 574 g/mol. The van der Waals surface area contributed by atoms with Crippen molar-refractivity contribution in [3.63, 3.8) is 0 Å². The lowest BCUT2D eigenvalue weighted by molar-refractivity contribution is -0.143. The van der Waals surface area contributed by atoms with Crippen LogP contribution in [0.15, 0.2) is 91.1 Å². The van der Waals surface area contributed by atoms with Gasteiger partial charge in [-0.15, -0.1) is 5.10 Å². The summed E-state index contributed by atoms with van der Waals surface area (Å²) in [5, 5.41) is 8.37. The van der Waals surface area contributed by atoms with Crippen molar-refractivity contribution in [3.05, 3.63) is 119 Å². The lowest BCUT2D eigenvalue weighted by Gasteiger charge is -2.15. The topological polar surface area (TPSA) is 52.7 Å². The number of nitrogens with zero attached hydrogens (tertiary/aromatic N) is 4. The SMILES string of the molecule is O=C(c1nnn(Cc2cc(C(F)(F)F)cc(C(F)(F)F)c2)c1-c1ccccc1)n1cccc1-c1ccccc1Cl. The Morgan fingerprint density at radius 1 is 0.800 bits per heavy atom. The number of hydrogen-bond donors (Lipinski definition) is 0. The summed E-state index contributed by atoms with van der Waals surface area (Å²) in [7, 11) is 0. The number of halogens is 7. The van der Waals surface area contributed by atoms with E-state index < -0.39 is 35.9 Å². The van der Waals surface area contributed by atoms with Gasteiger partial charge in [-0.1, -0.05) is 65.3 Å². The Morgan fingerprint density at radius 3 is 2.05 bits per heavy atom. The molecule has 0 aliphatic rings. The standard InChI is InChI=1S/C28H17ClF6N4O/c29-22-10-5-4-9-21(22)23-11-6-12-38(23)26(40)24-25(18-7-2-1-3-8-18)39(37-36-24)16-17-13-19(27(30,31)32)15-20(14-17)28(33,34)35/h1-15H,16H2. The Balaban J connectivity index is 1.62. The van der Waals surface area contributed by atoms with Crippen LogP contribution in [0.3, 0.4) is 0 Å². The Kier molecular flexibility index (Phi) is 7.01. The Hall–Kier alpha value is -4.38. The van der Waals surface area contributed by atoms with Crippen molar-refractivity contribution >= 4 is 17.5 Å². The van der Waals surface area contributed by atoms with Crippen LogP contribution in [0, 0.1) is 0 Å². The van der Waals surface area contributed by atoms with E-state index in [2.05, 4.69) is 10.3 Å². The normalized spacial score (nSPS) is 12.1. The fourth-order valence-corrected chi connectivity index (χ4v) is 4.53. The molecular formula is C28H17ClF6N4O. The van der Waals surface area contributed by atoms with Crippen LogP contribution >= 0.6 is 11.6 Å². The maximum atomic E-state index is 13.8. The molecule has 0 aliphatic carbocycles. The first-order chi connectivity index (χ1) is 18.9. The fourth-order valence-electron chi connectivity index (χ4n) is 4.29. The summed E-state index contributed by atoms with van der Waals surface area (Å²) in [5.74, 6) is -0.620. The predicted molar refractivity (Wildman–Crippen MR) is 136 cm³/mol. The van der Waals surface area contributed by atoms with Crippen molar-refractivity contribution in [3.8, 4) is 22.5 Å². The van der Waals surface area contributed by atoms with Crippen molar-refractivity contribution in [1.82, 2.24) is 19.6 Å². The van der Waals surface area contributed by atoms with E-state index in [-0.39, 0.29) is 23.0 Å². The summed E-state index contributed by atoms with van der Waals surface area (Å²) < 4.78 is 83.0. The number of rotatable bonds is 5. The van der Waals surface area contributed by atoms with E-state index in [0.29, 0.717) is 34.0 Å². The highest BCUT2D eigenvalue weighted by molar-refractivity contribution is 6.33. The third-order valence-corrected chi connectivity index (χ3v) is 6.41. The molecule has 40 heavy (non-hydrogen) atoms. The van der Waals surface area contributed by atoms with Gasteiger partial charge >= 0.3 is 12.4 Å². The maximum absolute atomic E-state index is 13.8. The molecule has 3 aromatic carbocycles. The first-order valence-corrected chi connectivity index (χ1v) is 12.1. The predicted octanol–water partition coefficient (Wildman–Crippen LogP) is 7.84. The number of hydrogen-bond acceptors (Lipinski definition) is 3. The average molecular weight is 575 g/mol. The summed E-state index contributed by atoms with van der Waals surface area (Å²) >= 11 is 6.33. The van der Waals surface area contributed by atoms with Crippen LogP contribution in [-0.4, -0.2) is 25.5 Å². The molecule has 0 amide bonds. The highest BCUT2D eigenvalue weighted by Crippen LogP contribution is 2.37. The summed E-state index contributed by atoms with van der Waals surface area (Å²) in [4.78, 5) is 13.8. The lowest BCUT2D eigenvalue weighted by atomic mass is 10.0. The van der Waals surface area contributed by atoms with Crippen LogP contribution in [0.2, 0.25) is 5.02 Å². The van der Waals surface area contributed by atoms with Gasteiger partial charge in [-0.2, -0.15) is 26.3 Å². The van der Waals surface area contributed by atoms with Gasteiger partial charge in [0.2, 0.25) is 0 Å². The fraction of sp³-hybridized carbons (Fsp3) is 0.107. The van der Waals surface area contributed by atoms with E-state index in [4.69, 9.17) is 11.6 Å². The maximum Gasteiger partial charge on any atom is 0.416 e. The van der Waals surface area contributed by atoms with E-state index in [1.165, 1.54) is 10.8 Å². The van der Waals surface area contributed by atoms with Crippen molar-refractivity contribution in [2.24, 2.45) is 0 Å². The molecule has 2 heterocycles. The summed E-state index contributed by atoms with van der Waals surface area (Å²) in [6.07, 6.45) is -8.52. The molecule has 0 bridgehead atoms. The lowest BCUT2D eigenvalue weighted by Crippen LogP contribution is -2.15. The number of aromatic nitrogens is 4. The van der Waals surface area contributed by atoms with Crippen molar-refractivity contribution < 1.29 is 31.1 Å². The van der Waals surface area contributed by atoms with E-state index in [0.717, 1.165) is 4.68 Å². The molecule has 0 unspecified atom stereocenters. The summed E-state index contributed by atoms with van der Waals surface area (Å²) in [6.45, 7) is -0.513. The highest BCUT2D eigenvalue weighted by Gasteiger charge is 2.37. The van der Waals surface area contributed by atoms with E-state index >= 15 is 0 Å². The third-order valence-electron chi connectivity index (χ3n) is 6.08. The molecule has 12 heteroatoms. The number of carbonyl (C=O) groups excluding carboxylic acids is 1. The van der Waals surface area contributed by atoms with E-state index in [1.54, 1.807) is 66.7 Å². The highest BCUT2D eigenvalue weighted by atomic mass is 35.5. The van der Waals surface area contributed by atoms with Crippen LogP contribution in [0.4, 0.5) is 26.3 Å². The molecule has 0 spiro atoms. The van der Waals surface area contributed by atoms with Crippen molar-refractivity contribution in [2.75, 3.05) is 0 Å². The number of carbonyl (C=O) groups is 1. The van der Waals surface area contributed by atoms with Gasteiger partial charge in [-0.05, 0) is 42.0 Å². The zero-order valence-electron chi connectivity index (χ0n) is 20.2. The largest absolute Gasteiger partial charge is 0.416 e. The molecule has 5 nitrogen and oxygen atoms in total. The third kappa shape index (κ3) is 5.37. The van der Waals surface area contributed by atoms with Gasteiger partial charge in [0, 0.05) is 22.3 Å². The second kappa shape index (κ2) is 10.3. The van der Waals surface area contributed by atoms with Gasteiger partial charge in [0.1, 0.15) is 5.69 Å². The zero-order chi connectivity index (χ0) is 28.7. The molecule has 0 radical (unpaired) electrons. The first kappa shape index (κ1) is 27.2. The molecule has 0 N–H and O–H groups in total. The molecule has 0 aliphatic heterocycles. The summed E-state index contributed by atoms with van der Waals surface area (Å²) in [6, 6.07) is 19.8. The van der Waals surface area contributed by atoms with Crippen molar-refractivity contribution in [1.29, 1.82) is 0 Å². The van der Waals surface area contributed by atoms with Gasteiger partial charge in [0.15, 0.2) is 5.69 Å². The smallest absolute Gasteiger partial charge is 0.282 e. The molecular weight excluding hydrogens is 558 g/mol. The van der Waals surface area contributed by atoms with E-state index in [9.17, 15) is 31.1 Å². The minimum atomic E-state index is -5.01. The molecule has 0 atom stereocenters. The first-order valence-electron chi connectivity index (χ1n) is 11.7. The average Bonchev–Trinajstić information content (AvgIpc) is 3.56. The van der Waals surface area contributed by atoms with Gasteiger partial charge in [-0.3, -0.25) is 9.36 Å². The van der Waals surface area contributed by atoms with Crippen LogP contribution in [-0.2, 0) is 18.9 Å². The minimum absolute atomic E-state index is 0.0557.